The summed E-state index contributed by atoms with van der Waals surface area (Å²) in [4.78, 5) is 0. The summed E-state index contributed by atoms with van der Waals surface area (Å²) in [5, 5.41) is 13.8. The summed E-state index contributed by atoms with van der Waals surface area (Å²) in [7, 11) is 1.58. The summed E-state index contributed by atoms with van der Waals surface area (Å²) in [5.41, 5.74) is 7.13. The summed E-state index contributed by atoms with van der Waals surface area (Å²) in [6.07, 6.45) is 0. The molecule has 1 aliphatic heterocycles. The van der Waals surface area contributed by atoms with Crippen molar-refractivity contribution in [3.05, 3.63) is 28.8 Å². The molecule has 1 aromatic carbocycles. The lowest BCUT2D eigenvalue weighted by molar-refractivity contribution is 0.414. The fourth-order valence-electron chi connectivity index (χ4n) is 2.00. The number of methoxy groups -OCH3 is 1. The number of hydrazone groups is 1. The van der Waals surface area contributed by atoms with Crippen molar-refractivity contribution in [2.24, 2.45) is 16.8 Å². The molecule has 18 heavy (non-hydrogen) atoms. The van der Waals surface area contributed by atoms with Gasteiger partial charge in [-0.3, -0.25) is 5.41 Å². The van der Waals surface area contributed by atoms with Crippen LogP contribution in [0.1, 0.15) is 12.5 Å². The van der Waals surface area contributed by atoms with Crippen molar-refractivity contribution in [3.8, 4) is 5.75 Å². The van der Waals surface area contributed by atoms with E-state index in [2.05, 4.69) is 5.10 Å². The maximum absolute atomic E-state index is 7.41. The molecule has 1 heterocycles. The molecule has 0 bridgehead atoms. The Hall–Kier alpha value is -1.75. The first-order chi connectivity index (χ1) is 8.54. The molecule has 0 aliphatic carbocycles. The minimum Gasteiger partial charge on any atom is -0.494 e. The van der Waals surface area contributed by atoms with Gasteiger partial charge in [0.25, 0.3) is 0 Å². The Kier molecular flexibility index (Phi) is 3.43. The summed E-state index contributed by atoms with van der Waals surface area (Å²) < 4.78 is 5.32. The molecule has 6 heteroatoms. The molecule has 1 unspecified atom stereocenters. The van der Waals surface area contributed by atoms with Gasteiger partial charge in [0, 0.05) is 11.5 Å². The molecule has 1 aliphatic rings. The summed E-state index contributed by atoms with van der Waals surface area (Å²) in [5.74, 6) is 0.717. The Labute approximate surface area is 111 Å². The van der Waals surface area contributed by atoms with E-state index < -0.39 is 0 Å². The number of para-hydroxylation sites is 1. The maximum atomic E-state index is 7.41. The van der Waals surface area contributed by atoms with Crippen molar-refractivity contribution < 1.29 is 4.74 Å². The minimum absolute atomic E-state index is 0.0576. The molecule has 0 aromatic heterocycles. The molecule has 0 fully saturated rings. The van der Waals surface area contributed by atoms with Crippen LogP contribution in [0.25, 0.3) is 0 Å². The van der Waals surface area contributed by atoms with E-state index in [0.717, 1.165) is 11.3 Å². The van der Waals surface area contributed by atoms with Crippen LogP contribution in [0.15, 0.2) is 23.3 Å². The van der Waals surface area contributed by atoms with Crippen LogP contribution in [0, 0.1) is 11.3 Å². The zero-order chi connectivity index (χ0) is 13.3. The SMILES string of the molecule is COc1c(Cl)cccc1C1=NN(C(=N)N)CC1C. The summed E-state index contributed by atoms with van der Waals surface area (Å²) in [6, 6.07) is 5.53. The van der Waals surface area contributed by atoms with Gasteiger partial charge >= 0.3 is 0 Å². The van der Waals surface area contributed by atoms with Gasteiger partial charge < -0.3 is 10.5 Å². The van der Waals surface area contributed by atoms with Gasteiger partial charge in [0.1, 0.15) is 5.75 Å². The number of ether oxygens (including phenoxy) is 1. The summed E-state index contributed by atoms with van der Waals surface area (Å²) in [6.45, 7) is 2.63. The van der Waals surface area contributed by atoms with Gasteiger partial charge in [-0.15, -0.1) is 0 Å². The molecule has 1 aromatic rings. The monoisotopic (exact) mass is 266 g/mol. The Bertz CT molecular complexity index is 515. The van der Waals surface area contributed by atoms with Crippen LogP contribution in [0.5, 0.6) is 5.75 Å². The van der Waals surface area contributed by atoms with Gasteiger partial charge in [-0.05, 0) is 12.1 Å². The summed E-state index contributed by atoms with van der Waals surface area (Å²) >= 11 is 6.09. The topological polar surface area (TPSA) is 74.7 Å². The van der Waals surface area contributed by atoms with Crippen LogP contribution in [0.3, 0.4) is 0 Å². The van der Waals surface area contributed by atoms with Crippen molar-refractivity contribution in [1.82, 2.24) is 5.01 Å². The lowest BCUT2D eigenvalue weighted by atomic mass is 9.98. The molecule has 0 spiro atoms. The second-order valence-electron chi connectivity index (χ2n) is 4.17. The predicted molar refractivity (Wildman–Crippen MR) is 72.3 cm³/mol. The minimum atomic E-state index is -0.0576. The molecular weight excluding hydrogens is 252 g/mol. The van der Waals surface area contributed by atoms with Crippen LogP contribution in [-0.4, -0.2) is 30.3 Å². The van der Waals surface area contributed by atoms with Crippen LogP contribution in [-0.2, 0) is 0 Å². The smallest absolute Gasteiger partial charge is 0.209 e. The van der Waals surface area contributed by atoms with Gasteiger partial charge in [0.2, 0.25) is 5.96 Å². The van der Waals surface area contributed by atoms with Gasteiger partial charge in [0.15, 0.2) is 0 Å². The lowest BCUT2D eigenvalue weighted by Crippen LogP contribution is -2.31. The Morgan fingerprint density at radius 2 is 2.33 bits per heavy atom. The van der Waals surface area contributed by atoms with Gasteiger partial charge in [-0.2, -0.15) is 5.10 Å². The van der Waals surface area contributed by atoms with E-state index in [-0.39, 0.29) is 11.9 Å². The molecule has 2 rings (SSSR count). The van der Waals surface area contributed by atoms with E-state index in [1.807, 2.05) is 19.1 Å². The molecule has 0 radical (unpaired) electrons. The molecule has 96 valence electrons. The van der Waals surface area contributed by atoms with E-state index >= 15 is 0 Å². The van der Waals surface area contributed by atoms with Crippen molar-refractivity contribution >= 4 is 23.3 Å². The second kappa shape index (κ2) is 4.86. The van der Waals surface area contributed by atoms with E-state index in [0.29, 0.717) is 17.3 Å². The fraction of sp³-hybridized carbons (Fsp3) is 0.333. The first-order valence-corrected chi connectivity index (χ1v) is 5.95. The Morgan fingerprint density at radius 3 is 2.89 bits per heavy atom. The van der Waals surface area contributed by atoms with Gasteiger partial charge in [0.05, 0.1) is 24.4 Å². The van der Waals surface area contributed by atoms with Crippen LogP contribution in [0.4, 0.5) is 0 Å². The van der Waals surface area contributed by atoms with Crippen molar-refractivity contribution in [1.29, 1.82) is 5.41 Å². The first-order valence-electron chi connectivity index (χ1n) is 5.57. The zero-order valence-corrected chi connectivity index (χ0v) is 11.0. The lowest BCUT2D eigenvalue weighted by Gasteiger charge is -2.11. The Morgan fingerprint density at radius 1 is 1.61 bits per heavy atom. The number of guanidine groups is 1. The number of benzene rings is 1. The molecular formula is C12H15ClN4O. The van der Waals surface area contributed by atoms with Crippen molar-refractivity contribution in [3.63, 3.8) is 0 Å². The Balaban J connectivity index is 2.46. The number of nitrogens with one attached hydrogen (secondary N) is 1. The third-order valence-corrected chi connectivity index (χ3v) is 3.16. The molecule has 5 nitrogen and oxygen atoms in total. The number of hydrogen-bond acceptors (Lipinski definition) is 3. The maximum Gasteiger partial charge on any atom is 0.209 e. The van der Waals surface area contributed by atoms with E-state index in [9.17, 15) is 0 Å². The van der Waals surface area contributed by atoms with Crippen molar-refractivity contribution in [2.75, 3.05) is 13.7 Å². The number of halogens is 1. The van der Waals surface area contributed by atoms with Crippen LogP contribution in [0.2, 0.25) is 5.02 Å². The molecule has 0 saturated carbocycles. The molecule has 3 N–H and O–H groups in total. The van der Waals surface area contributed by atoms with Crippen molar-refractivity contribution in [2.45, 2.75) is 6.92 Å². The average molecular weight is 267 g/mol. The first kappa shape index (κ1) is 12.7. The van der Waals surface area contributed by atoms with E-state index in [1.165, 1.54) is 5.01 Å². The predicted octanol–water partition coefficient (Wildman–Crippen LogP) is 1.90. The highest BCUT2D eigenvalue weighted by atomic mass is 35.5. The standard InChI is InChI=1S/C12H15ClN4O/c1-7-6-17(12(14)15)16-10(7)8-4-3-5-9(13)11(8)18-2/h3-5,7H,6H2,1-2H3,(H3,14,15). The number of nitrogens with two attached hydrogens (primary N) is 1. The highest BCUT2D eigenvalue weighted by Crippen LogP contribution is 2.32. The van der Waals surface area contributed by atoms with Gasteiger partial charge in [-0.25, -0.2) is 5.01 Å². The van der Waals surface area contributed by atoms with E-state index in [1.54, 1.807) is 13.2 Å². The number of rotatable bonds is 2. The zero-order valence-electron chi connectivity index (χ0n) is 10.3. The molecule has 0 saturated heterocycles. The third kappa shape index (κ3) is 2.13. The number of hydrogen-bond donors (Lipinski definition) is 2. The second-order valence-corrected chi connectivity index (χ2v) is 4.58. The van der Waals surface area contributed by atoms with Gasteiger partial charge in [-0.1, -0.05) is 24.6 Å². The van der Waals surface area contributed by atoms with Crippen LogP contribution >= 0.6 is 11.6 Å². The highest BCUT2D eigenvalue weighted by Gasteiger charge is 2.27. The fourth-order valence-corrected chi connectivity index (χ4v) is 2.26. The van der Waals surface area contributed by atoms with Crippen LogP contribution < -0.4 is 10.5 Å². The molecule has 0 amide bonds. The third-order valence-electron chi connectivity index (χ3n) is 2.87. The average Bonchev–Trinajstić information content (AvgIpc) is 2.71. The normalized spacial score (nSPS) is 18.7. The number of nitrogens with zero attached hydrogens (tertiary/aromatic N) is 2. The van der Waals surface area contributed by atoms with E-state index in [4.69, 9.17) is 27.5 Å². The largest absolute Gasteiger partial charge is 0.494 e. The quantitative estimate of drug-likeness (QED) is 0.634. The highest BCUT2D eigenvalue weighted by molar-refractivity contribution is 6.32. The molecule has 1 atom stereocenters.